The molecule has 136 valence electrons. The van der Waals surface area contributed by atoms with Crippen LogP contribution in [0.3, 0.4) is 0 Å². The Bertz CT molecular complexity index is 723. The van der Waals surface area contributed by atoms with E-state index in [2.05, 4.69) is 5.32 Å². The number of aryl methyl sites for hydroxylation is 1. The molecule has 0 atom stereocenters. The van der Waals surface area contributed by atoms with E-state index in [1.165, 1.54) is 0 Å². The number of nitrogens with one attached hydrogen (secondary N) is 1. The first-order chi connectivity index (χ1) is 11.5. The second kappa shape index (κ2) is 10.1. The fraction of sp³-hybridized carbons (Fsp3) is 0.278. The van der Waals surface area contributed by atoms with Crippen molar-refractivity contribution in [3.8, 4) is 5.75 Å². The molecule has 2 aromatic rings. The van der Waals surface area contributed by atoms with Crippen molar-refractivity contribution in [1.29, 1.82) is 0 Å². The van der Waals surface area contributed by atoms with Crippen molar-refractivity contribution in [1.82, 2.24) is 0 Å². The van der Waals surface area contributed by atoms with Gasteiger partial charge in [0.25, 0.3) is 5.91 Å². The first kappa shape index (κ1) is 21.1. The minimum absolute atomic E-state index is 0. The van der Waals surface area contributed by atoms with Gasteiger partial charge >= 0.3 is 0 Å². The Balaban J connectivity index is 0.00000312. The number of nitrogens with two attached hydrogens (primary N) is 1. The Morgan fingerprint density at radius 3 is 2.72 bits per heavy atom. The highest BCUT2D eigenvalue weighted by atomic mass is 35.5. The normalized spacial score (nSPS) is 10.0. The second-order valence-electron chi connectivity index (χ2n) is 5.19. The molecule has 0 spiro atoms. The summed E-state index contributed by atoms with van der Waals surface area (Å²) in [4.78, 5) is 12.5. The van der Waals surface area contributed by atoms with Gasteiger partial charge in [0.15, 0.2) is 5.75 Å². The van der Waals surface area contributed by atoms with E-state index in [9.17, 15) is 4.79 Å². The number of ether oxygens (including phenoxy) is 2. The Morgan fingerprint density at radius 1 is 1.24 bits per heavy atom. The molecular weight excluding hydrogens is 363 g/mol. The molecule has 0 radical (unpaired) electrons. The Labute approximate surface area is 158 Å². The Hall–Kier alpha value is -1.95. The number of hydrogen-bond donors (Lipinski definition) is 2. The molecule has 0 heterocycles. The number of halogens is 2. The van der Waals surface area contributed by atoms with Crippen molar-refractivity contribution in [2.45, 2.75) is 13.8 Å². The molecular formula is C18H22Cl2N2O3. The lowest BCUT2D eigenvalue weighted by Crippen LogP contribution is -2.15. The smallest absolute Gasteiger partial charge is 0.256 e. The van der Waals surface area contributed by atoms with Crippen LogP contribution >= 0.6 is 24.0 Å². The molecule has 0 bridgehead atoms. The van der Waals surface area contributed by atoms with Crippen LogP contribution < -0.4 is 15.8 Å². The number of carbonyl (C=O) groups excluding carboxylic acids is 1. The highest BCUT2D eigenvalue weighted by Gasteiger charge is 2.14. The summed E-state index contributed by atoms with van der Waals surface area (Å²) in [5.41, 5.74) is 8.15. The monoisotopic (exact) mass is 384 g/mol. The molecule has 0 aliphatic carbocycles. The fourth-order valence-electron chi connectivity index (χ4n) is 2.17. The Kier molecular flexibility index (Phi) is 8.55. The van der Waals surface area contributed by atoms with Gasteiger partial charge in [-0.1, -0.05) is 23.7 Å². The van der Waals surface area contributed by atoms with E-state index in [-0.39, 0.29) is 18.3 Å². The number of para-hydroxylation sites is 1. The lowest BCUT2D eigenvalue weighted by molar-refractivity contribution is 0.102. The number of rotatable bonds is 7. The largest absolute Gasteiger partial charge is 0.487 e. The number of hydrogen-bond acceptors (Lipinski definition) is 4. The van der Waals surface area contributed by atoms with Crippen molar-refractivity contribution in [3.63, 3.8) is 0 Å². The van der Waals surface area contributed by atoms with Crippen LogP contribution in [0.5, 0.6) is 5.75 Å². The van der Waals surface area contributed by atoms with E-state index in [4.69, 9.17) is 26.8 Å². The van der Waals surface area contributed by atoms with Gasteiger partial charge in [0.2, 0.25) is 0 Å². The first-order valence-corrected chi connectivity index (χ1v) is 8.07. The van der Waals surface area contributed by atoms with Crippen molar-refractivity contribution in [2.24, 2.45) is 0 Å². The summed E-state index contributed by atoms with van der Waals surface area (Å²) in [5.74, 6) is 0.158. The summed E-state index contributed by atoms with van der Waals surface area (Å²) in [6, 6.07) is 10.4. The van der Waals surface area contributed by atoms with Crippen LogP contribution in [0.4, 0.5) is 11.4 Å². The van der Waals surface area contributed by atoms with Crippen molar-refractivity contribution in [3.05, 3.63) is 52.5 Å². The van der Waals surface area contributed by atoms with E-state index < -0.39 is 0 Å². The van der Waals surface area contributed by atoms with Crippen LogP contribution in [-0.4, -0.2) is 25.7 Å². The lowest BCUT2D eigenvalue weighted by Gasteiger charge is -2.15. The molecule has 0 aromatic heterocycles. The van der Waals surface area contributed by atoms with Crippen LogP contribution in [0.1, 0.15) is 22.8 Å². The van der Waals surface area contributed by atoms with E-state index in [1.807, 2.05) is 19.9 Å². The van der Waals surface area contributed by atoms with Gasteiger partial charge in [-0.2, -0.15) is 0 Å². The number of benzene rings is 2. The van der Waals surface area contributed by atoms with Crippen LogP contribution in [0.2, 0.25) is 5.02 Å². The summed E-state index contributed by atoms with van der Waals surface area (Å²) in [6.07, 6.45) is 0. The second-order valence-corrected chi connectivity index (χ2v) is 5.60. The minimum atomic E-state index is -0.267. The maximum Gasteiger partial charge on any atom is 0.256 e. The predicted octanol–water partition coefficient (Wildman–Crippen LogP) is 4.32. The average Bonchev–Trinajstić information content (AvgIpc) is 2.55. The van der Waals surface area contributed by atoms with E-state index in [1.54, 1.807) is 30.3 Å². The maximum atomic E-state index is 12.5. The molecule has 2 aromatic carbocycles. The standard InChI is InChI=1S/C18H21ClN2O3.ClH/c1-3-23-9-10-24-17-15(19)5-4-6-16(17)21-18(22)14-11-13(20)8-7-12(14)2;/h4-8,11H,3,9-10,20H2,1-2H3,(H,21,22);1H. The van der Waals surface area contributed by atoms with Crippen molar-refractivity contribution in [2.75, 3.05) is 30.9 Å². The van der Waals surface area contributed by atoms with Gasteiger partial charge in [-0.3, -0.25) is 4.79 Å². The lowest BCUT2D eigenvalue weighted by atomic mass is 10.1. The first-order valence-electron chi connectivity index (χ1n) is 7.69. The zero-order chi connectivity index (χ0) is 17.5. The van der Waals surface area contributed by atoms with Gasteiger partial charge in [0, 0.05) is 17.9 Å². The van der Waals surface area contributed by atoms with Crippen LogP contribution in [0.25, 0.3) is 0 Å². The maximum absolute atomic E-state index is 12.5. The summed E-state index contributed by atoms with van der Waals surface area (Å²) < 4.78 is 10.9. The van der Waals surface area contributed by atoms with Crippen LogP contribution in [0, 0.1) is 6.92 Å². The van der Waals surface area contributed by atoms with Gasteiger partial charge in [-0.25, -0.2) is 0 Å². The molecule has 0 aliphatic rings. The van der Waals surface area contributed by atoms with Gasteiger partial charge < -0.3 is 20.5 Å². The summed E-state index contributed by atoms with van der Waals surface area (Å²) in [5, 5.41) is 3.26. The van der Waals surface area contributed by atoms with E-state index in [0.29, 0.717) is 47.5 Å². The molecule has 0 fully saturated rings. The molecule has 25 heavy (non-hydrogen) atoms. The summed E-state index contributed by atoms with van der Waals surface area (Å²) in [6.45, 7) is 5.17. The number of nitrogen functional groups attached to an aromatic ring is 1. The molecule has 1 amide bonds. The Morgan fingerprint density at radius 2 is 2.00 bits per heavy atom. The topological polar surface area (TPSA) is 73.6 Å². The van der Waals surface area contributed by atoms with Gasteiger partial charge in [-0.15, -0.1) is 12.4 Å². The minimum Gasteiger partial charge on any atom is -0.487 e. The molecule has 2 rings (SSSR count). The van der Waals surface area contributed by atoms with Gasteiger partial charge in [-0.05, 0) is 43.7 Å². The zero-order valence-corrected chi connectivity index (χ0v) is 15.7. The molecule has 0 unspecified atom stereocenters. The van der Waals surface area contributed by atoms with Gasteiger partial charge in [0.1, 0.15) is 6.61 Å². The van der Waals surface area contributed by atoms with Crippen molar-refractivity contribution < 1.29 is 14.3 Å². The zero-order valence-electron chi connectivity index (χ0n) is 14.2. The number of anilines is 2. The highest BCUT2D eigenvalue weighted by molar-refractivity contribution is 6.32. The van der Waals surface area contributed by atoms with Crippen molar-refractivity contribution >= 4 is 41.3 Å². The summed E-state index contributed by atoms with van der Waals surface area (Å²) >= 11 is 6.19. The van der Waals surface area contributed by atoms with E-state index in [0.717, 1.165) is 5.56 Å². The average molecular weight is 385 g/mol. The molecule has 7 heteroatoms. The molecule has 0 saturated heterocycles. The number of amides is 1. The third-order valence-electron chi connectivity index (χ3n) is 3.40. The highest BCUT2D eigenvalue weighted by Crippen LogP contribution is 2.33. The third kappa shape index (κ3) is 5.81. The van der Waals surface area contributed by atoms with Crippen LogP contribution in [0.15, 0.2) is 36.4 Å². The molecule has 3 N–H and O–H groups in total. The van der Waals surface area contributed by atoms with Crippen LogP contribution in [-0.2, 0) is 4.74 Å². The molecule has 0 saturated carbocycles. The van der Waals surface area contributed by atoms with Gasteiger partial charge in [0.05, 0.1) is 17.3 Å². The molecule has 0 aliphatic heterocycles. The number of carbonyl (C=O) groups is 1. The predicted molar refractivity (Wildman–Crippen MR) is 104 cm³/mol. The molecule has 5 nitrogen and oxygen atoms in total. The quantitative estimate of drug-likeness (QED) is 0.550. The van der Waals surface area contributed by atoms with E-state index >= 15 is 0 Å². The SMILES string of the molecule is CCOCCOc1c(Cl)cccc1NC(=O)c1cc(N)ccc1C.Cl. The summed E-state index contributed by atoms with van der Waals surface area (Å²) in [7, 11) is 0. The third-order valence-corrected chi connectivity index (χ3v) is 3.70. The fourth-order valence-corrected chi connectivity index (χ4v) is 2.40.